The number of fused-ring (bicyclic) bond motifs is 1. The van der Waals surface area contributed by atoms with E-state index in [0.717, 1.165) is 10.1 Å². The molecule has 4 nitrogen and oxygen atoms in total. The maximum Gasteiger partial charge on any atom is 0.338 e. The van der Waals surface area contributed by atoms with Crippen LogP contribution in [-0.2, 0) is 20.3 Å². The summed E-state index contributed by atoms with van der Waals surface area (Å²) in [6.45, 7) is 3.78. The summed E-state index contributed by atoms with van der Waals surface area (Å²) in [5.41, 5.74) is 1.60. The summed E-state index contributed by atoms with van der Waals surface area (Å²) in [6, 6.07) is 11.9. The Hall–Kier alpha value is -1.89. The van der Waals surface area contributed by atoms with Crippen LogP contribution in [0.1, 0.15) is 28.4 Å². The number of sulfone groups is 1. The molecule has 136 valence electrons. The van der Waals surface area contributed by atoms with Crippen LogP contribution in [-0.4, -0.2) is 21.0 Å². The van der Waals surface area contributed by atoms with E-state index in [0.29, 0.717) is 25.9 Å². The van der Waals surface area contributed by atoms with Crippen LogP contribution in [0.25, 0.3) is 10.1 Å². The molecular weight excluding hydrogens is 392 g/mol. The number of hydrogen-bond acceptors (Lipinski definition) is 5. The van der Waals surface area contributed by atoms with Gasteiger partial charge in [0.15, 0.2) is 9.84 Å². The third kappa shape index (κ3) is 3.77. The number of rotatable bonds is 5. The molecule has 0 bridgehead atoms. The van der Waals surface area contributed by atoms with Gasteiger partial charge in [0.2, 0.25) is 0 Å². The average molecular weight is 409 g/mol. The lowest BCUT2D eigenvalue weighted by molar-refractivity contribution is 0.0526. The van der Waals surface area contributed by atoms with Crippen LogP contribution in [0.2, 0.25) is 5.02 Å². The fourth-order valence-corrected chi connectivity index (χ4v) is 6.13. The number of benzene rings is 2. The van der Waals surface area contributed by atoms with E-state index < -0.39 is 15.8 Å². The van der Waals surface area contributed by atoms with Crippen LogP contribution in [0.5, 0.6) is 0 Å². The Morgan fingerprint density at radius 3 is 2.69 bits per heavy atom. The molecule has 1 aromatic heterocycles. The van der Waals surface area contributed by atoms with Gasteiger partial charge in [-0.05, 0) is 60.7 Å². The Kier molecular flexibility index (Phi) is 5.37. The van der Waals surface area contributed by atoms with E-state index in [1.165, 1.54) is 11.3 Å². The molecule has 7 heteroatoms. The van der Waals surface area contributed by atoms with Crippen molar-refractivity contribution in [2.75, 3.05) is 6.61 Å². The van der Waals surface area contributed by atoms with Gasteiger partial charge in [0.25, 0.3) is 0 Å². The zero-order chi connectivity index (χ0) is 18.9. The van der Waals surface area contributed by atoms with Crippen LogP contribution in [0.15, 0.2) is 46.7 Å². The van der Waals surface area contributed by atoms with E-state index in [-0.39, 0.29) is 12.4 Å². The molecule has 3 rings (SSSR count). The first-order valence-electron chi connectivity index (χ1n) is 7.99. The summed E-state index contributed by atoms with van der Waals surface area (Å²) in [6.07, 6.45) is 0. The molecule has 0 unspecified atom stereocenters. The Morgan fingerprint density at radius 1 is 1.19 bits per heavy atom. The van der Waals surface area contributed by atoms with Gasteiger partial charge in [-0.25, -0.2) is 13.2 Å². The third-order valence-electron chi connectivity index (χ3n) is 3.93. The Bertz CT molecular complexity index is 1080. The van der Waals surface area contributed by atoms with E-state index in [9.17, 15) is 13.2 Å². The summed E-state index contributed by atoms with van der Waals surface area (Å²) >= 11 is 7.27. The quantitative estimate of drug-likeness (QED) is 0.556. The van der Waals surface area contributed by atoms with E-state index in [1.54, 1.807) is 50.2 Å². The van der Waals surface area contributed by atoms with Gasteiger partial charge in [0.1, 0.15) is 4.21 Å². The van der Waals surface area contributed by atoms with Crippen LogP contribution in [0.3, 0.4) is 0 Å². The van der Waals surface area contributed by atoms with Gasteiger partial charge in [0.05, 0.1) is 17.9 Å². The number of thiophene rings is 1. The molecule has 0 radical (unpaired) electrons. The van der Waals surface area contributed by atoms with E-state index in [1.807, 2.05) is 6.07 Å². The molecule has 2 aromatic carbocycles. The van der Waals surface area contributed by atoms with Crippen molar-refractivity contribution in [1.82, 2.24) is 0 Å². The van der Waals surface area contributed by atoms with Crippen molar-refractivity contribution >= 4 is 48.8 Å². The summed E-state index contributed by atoms with van der Waals surface area (Å²) in [5.74, 6) is -0.638. The highest BCUT2D eigenvalue weighted by molar-refractivity contribution is 7.93. The van der Waals surface area contributed by atoms with Gasteiger partial charge in [-0.1, -0.05) is 23.7 Å². The van der Waals surface area contributed by atoms with E-state index in [4.69, 9.17) is 16.3 Å². The highest BCUT2D eigenvalue weighted by Gasteiger charge is 2.23. The zero-order valence-corrected chi connectivity index (χ0v) is 16.7. The van der Waals surface area contributed by atoms with Gasteiger partial charge in [-0.15, -0.1) is 11.3 Å². The second kappa shape index (κ2) is 7.39. The van der Waals surface area contributed by atoms with Crippen molar-refractivity contribution in [3.8, 4) is 0 Å². The molecule has 1 heterocycles. The normalized spacial score (nSPS) is 11.7. The van der Waals surface area contributed by atoms with Crippen molar-refractivity contribution in [1.29, 1.82) is 0 Å². The summed E-state index contributed by atoms with van der Waals surface area (Å²) in [4.78, 5) is 11.9. The standard InChI is InChI=1S/C19H17ClO4S2/c1-3-24-18(21)14-6-4-5-13(9-14)11-26(22,23)19-12(2)16-10-15(20)7-8-17(16)25-19/h4-10H,3,11H2,1-2H3. The number of aryl methyl sites for hydroxylation is 1. The van der Waals surface area contributed by atoms with E-state index >= 15 is 0 Å². The zero-order valence-electron chi connectivity index (χ0n) is 14.3. The topological polar surface area (TPSA) is 60.4 Å². The lowest BCUT2D eigenvalue weighted by Gasteiger charge is -2.06. The fraction of sp³-hybridized carbons (Fsp3) is 0.211. The number of carbonyl (C=O) groups is 1. The molecule has 0 aliphatic carbocycles. The molecule has 0 atom stereocenters. The lowest BCUT2D eigenvalue weighted by atomic mass is 10.1. The summed E-state index contributed by atoms with van der Waals surface area (Å²) in [5, 5.41) is 1.42. The average Bonchev–Trinajstić information content (AvgIpc) is 2.92. The Labute approximate surface area is 161 Å². The van der Waals surface area contributed by atoms with Crippen LogP contribution in [0.4, 0.5) is 0 Å². The van der Waals surface area contributed by atoms with Crippen LogP contribution < -0.4 is 0 Å². The van der Waals surface area contributed by atoms with Crippen LogP contribution >= 0.6 is 22.9 Å². The maximum atomic E-state index is 12.9. The molecule has 0 saturated carbocycles. The number of esters is 1. The second-order valence-corrected chi connectivity index (χ2v) is 9.51. The maximum absolute atomic E-state index is 12.9. The number of halogens is 1. The first kappa shape index (κ1) is 18.9. The predicted molar refractivity (Wildman–Crippen MR) is 105 cm³/mol. The highest BCUT2D eigenvalue weighted by Crippen LogP contribution is 2.36. The minimum atomic E-state index is -3.55. The Balaban J connectivity index is 1.96. The minimum Gasteiger partial charge on any atom is -0.462 e. The summed E-state index contributed by atoms with van der Waals surface area (Å²) < 4.78 is 32.1. The van der Waals surface area contributed by atoms with Crippen molar-refractivity contribution in [3.63, 3.8) is 0 Å². The Morgan fingerprint density at radius 2 is 1.96 bits per heavy atom. The molecule has 0 aliphatic rings. The molecule has 0 spiro atoms. The number of carbonyl (C=O) groups excluding carboxylic acids is 1. The van der Waals surface area contributed by atoms with E-state index in [2.05, 4.69) is 0 Å². The minimum absolute atomic E-state index is 0.179. The number of ether oxygens (including phenoxy) is 1. The SMILES string of the molecule is CCOC(=O)c1cccc(CS(=O)(=O)c2sc3ccc(Cl)cc3c2C)c1. The molecule has 3 aromatic rings. The first-order valence-corrected chi connectivity index (χ1v) is 10.8. The van der Waals surface area contributed by atoms with Gasteiger partial charge < -0.3 is 4.74 Å². The monoisotopic (exact) mass is 408 g/mol. The van der Waals surface area contributed by atoms with Crippen molar-refractivity contribution in [2.45, 2.75) is 23.8 Å². The predicted octanol–water partition coefficient (Wildman–Crippen LogP) is 5.01. The molecule has 0 aliphatic heterocycles. The van der Waals surface area contributed by atoms with Gasteiger partial charge >= 0.3 is 5.97 Å². The first-order chi connectivity index (χ1) is 12.3. The molecule has 26 heavy (non-hydrogen) atoms. The molecule has 0 amide bonds. The molecule has 0 N–H and O–H groups in total. The number of hydrogen-bond donors (Lipinski definition) is 0. The van der Waals surface area contributed by atoms with Crippen molar-refractivity contribution in [3.05, 3.63) is 64.2 Å². The highest BCUT2D eigenvalue weighted by atomic mass is 35.5. The third-order valence-corrected chi connectivity index (χ3v) is 7.83. The largest absolute Gasteiger partial charge is 0.462 e. The van der Waals surface area contributed by atoms with Crippen molar-refractivity contribution < 1.29 is 17.9 Å². The summed E-state index contributed by atoms with van der Waals surface area (Å²) in [7, 11) is -3.55. The second-order valence-electron chi connectivity index (χ2n) is 5.83. The van der Waals surface area contributed by atoms with Gasteiger partial charge in [-0.2, -0.15) is 0 Å². The smallest absolute Gasteiger partial charge is 0.338 e. The van der Waals surface area contributed by atoms with Gasteiger partial charge in [0, 0.05) is 9.72 Å². The molecular formula is C19H17ClO4S2. The fourth-order valence-electron chi connectivity index (χ4n) is 2.75. The van der Waals surface area contributed by atoms with Crippen LogP contribution in [0, 0.1) is 6.92 Å². The van der Waals surface area contributed by atoms with Gasteiger partial charge in [-0.3, -0.25) is 0 Å². The van der Waals surface area contributed by atoms with Crippen molar-refractivity contribution in [2.24, 2.45) is 0 Å². The molecule has 0 fully saturated rings. The lowest BCUT2D eigenvalue weighted by Crippen LogP contribution is -2.08. The molecule has 0 saturated heterocycles.